The van der Waals surface area contributed by atoms with Crippen molar-refractivity contribution in [2.24, 2.45) is 11.3 Å². The van der Waals surface area contributed by atoms with E-state index in [1.165, 1.54) is 39.0 Å². The molecule has 1 atom stereocenters. The number of ether oxygens (including phenoxy) is 1. The molecule has 2 aliphatic heterocycles. The van der Waals surface area contributed by atoms with Crippen molar-refractivity contribution in [2.45, 2.75) is 32.7 Å². The molecule has 0 aliphatic carbocycles. The zero-order chi connectivity index (χ0) is 11.6. The number of rotatable bonds is 3. The van der Waals surface area contributed by atoms with Crippen molar-refractivity contribution in [2.75, 3.05) is 39.9 Å². The summed E-state index contributed by atoms with van der Waals surface area (Å²) in [5.41, 5.74) is 0.418. The summed E-state index contributed by atoms with van der Waals surface area (Å²) in [6, 6.07) is 0.808. The summed E-state index contributed by atoms with van der Waals surface area (Å²) in [5.74, 6) is 0.701. The lowest BCUT2D eigenvalue weighted by atomic mass is 9.83. The summed E-state index contributed by atoms with van der Waals surface area (Å²) in [7, 11) is 1.82. The molecule has 0 bridgehead atoms. The van der Waals surface area contributed by atoms with Crippen LogP contribution in [-0.2, 0) is 4.74 Å². The normalized spacial score (nSPS) is 32.1. The Bertz CT molecular complexity index is 224. The van der Waals surface area contributed by atoms with Gasteiger partial charge in [0.15, 0.2) is 0 Å². The summed E-state index contributed by atoms with van der Waals surface area (Å²) in [4.78, 5) is 2.70. The van der Waals surface area contributed by atoms with Crippen LogP contribution in [0.4, 0.5) is 0 Å². The van der Waals surface area contributed by atoms with Gasteiger partial charge in [0, 0.05) is 32.2 Å². The number of piperidine rings is 1. The Labute approximate surface area is 99.5 Å². The molecule has 1 N–H and O–H groups in total. The number of hydrogen-bond donors (Lipinski definition) is 1. The molecule has 2 aliphatic rings. The zero-order valence-electron chi connectivity index (χ0n) is 11.0. The predicted octanol–water partition coefficient (Wildman–Crippen LogP) is 1.34. The Morgan fingerprint density at radius 3 is 2.62 bits per heavy atom. The van der Waals surface area contributed by atoms with Crippen LogP contribution in [0.15, 0.2) is 0 Å². The quantitative estimate of drug-likeness (QED) is 0.786. The van der Waals surface area contributed by atoms with Gasteiger partial charge in [-0.3, -0.25) is 4.90 Å². The fourth-order valence-electron chi connectivity index (χ4n) is 3.18. The average molecular weight is 226 g/mol. The Hall–Kier alpha value is -0.120. The van der Waals surface area contributed by atoms with Gasteiger partial charge in [0.25, 0.3) is 0 Å². The molecule has 0 saturated carbocycles. The van der Waals surface area contributed by atoms with Gasteiger partial charge < -0.3 is 10.1 Å². The molecule has 2 saturated heterocycles. The minimum absolute atomic E-state index is 0.418. The number of hydrogen-bond acceptors (Lipinski definition) is 3. The largest absolute Gasteiger partial charge is 0.384 e. The lowest BCUT2D eigenvalue weighted by molar-refractivity contribution is 0.111. The van der Waals surface area contributed by atoms with E-state index >= 15 is 0 Å². The van der Waals surface area contributed by atoms with Crippen molar-refractivity contribution in [3.63, 3.8) is 0 Å². The highest BCUT2D eigenvalue weighted by Crippen LogP contribution is 2.37. The minimum Gasteiger partial charge on any atom is -0.384 e. The van der Waals surface area contributed by atoms with Crippen molar-refractivity contribution in [1.29, 1.82) is 0 Å². The third-order valence-corrected chi connectivity index (χ3v) is 4.36. The lowest BCUT2D eigenvalue weighted by Gasteiger charge is -2.32. The maximum Gasteiger partial charge on any atom is 0.0508 e. The van der Waals surface area contributed by atoms with Gasteiger partial charge in [-0.05, 0) is 31.3 Å². The first-order valence-corrected chi connectivity index (χ1v) is 6.57. The van der Waals surface area contributed by atoms with E-state index in [1.807, 2.05) is 7.11 Å². The van der Waals surface area contributed by atoms with Crippen LogP contribution < -0.4 is 5.32 Å². The van der Waals surface area contributed by atoms with Crippen LogP contribution in [0.5, 0.6) is 0 Å². The van der Waals surface area contributed by atoms with E-state index in [-0.39, 0.29) is 0 Å². The SMILES string of the molecule is COCC1CN(C2CCNCC2)CC1(C)C. The van der Waals surface area contributed by atoms with Gasteiger partial charge in [0.1, 0.15) is 0 Å². The Morgan fingerprint density at radius 1 is 1.31 bits per heavy atom. The molecular formula is C13H26N2O. The fourth-order valence-corrected chi connectivity index (χ4v) is 3.18. The number of nitrogens with one attached hydrogen (secondary N) is 1. The minimum atomic E-state index is 0.418. The van der Waals surface area contributed by atoms with Gasteiger partial charge in [-0.15, -0.1) is 0 Å². The van der Waals surface area contributed by atoms with Gasteiger partial charge in [-0.25, -0.2) is 0 Å². The molecule has 2 fully saturated rings. The molecule has 0 aromatic rings. The standard InChI is InChI=1S/C13H26N2O/c1-13(2)10-15(8-11(13)9-16-3)12-4-6-14-7-5-12/h11-12,14H,4-10H2,1-3H3. The summed E-state index contributed by atoms with van der Waals surface area (Å²) in [5, 5.41) is 3.44. The van der Waals surface area contributed by atoms with E-state index in [1.54, 1.807) is 0 Å². The Kier molecular flexibility index (Phi) is 3.88. The first kappa shape index (κ1) is 12.3. The molecule has 16 heavy (non-hydrogen) atoms. The second-order valence-corrected chi connectivity index (χ2v) is 6.05. The third kappa shape index (κ3) is 2.58. The summed E-state index contributed by atoms with van der Waals surface area (Å²) < 4.78 is 5.36. The second-order valence-electron chi connectivity index (χ2n) is 6.05. The highest BCUT2D eigenvalue weighted by atomic mass is 16.5. The average Bonchev–Trinajstić information content (AvgIpc) is 2.57. The van der Waals surface area contributed by atoms with Gasteiger partial charge >= 0.3 is 0 Å². The van der Waals surface area contributed by atoms with E-state index in [4.69, 9.17) is 4.74 Å². The number of methoxy groups -OCH3 is 1. The molecular weight excluding hydrogens is 200 g/mol. The van der Waals surface area contributed by atoms with E-state index in [0.29, 0.717) is 11.3 Å². The predicted molar refractivity (Wildman–Crippen MR) is 66.6 cm³/mol. The van der Waals surface area contributed by atoms with Crippen molar-refractivity contribution in [1.82, 2.24) is 10.2 Å². The van der Waals surface area contributed by atoms with Gasteiger partial charge in [0.2, 0.25) is 0 Å². The molecule has 0 radical (unpaired) electrons. The van der Waals surface area contributed by atoms with Crippen LogP contribution in [0, 0.1) is 11.3 Å². The van der Waals surface area contributed by atoms with Crippen LogP contribution in [0.1, 0.15) is 26.7 Å². The molecule has 0 aromatic heterocycles. The maximum absolute atomic E-state index is 5.36. The van der Waals surface area contributed by atoms with Gasteiger partial charge in [-0.1, -0.05) is 13.8 Å². The van der Waals surface area contributed by atoms with Crippen molar-refractivity contribution in [3.8, 4) is 0 Å². The molecule has 2 rings (SSSR count). The van der Waals surface area contributed by atoms with Crippen LogP contribution in [0.3, 0.4) is 0 Å². The molecule has 2 heterocycles. The van der Waals surface area contributed by atoms with Crippen LogP contribution in [-0.4, -0.2) is 50.8 Å². The molecule has 94 valence electrons. The van der Waals surface area contributed by atoms with Crippen LogP contribution in [0.2, 0.25) is 0 Å². The van der Waals surface area contributed by atoms with E-state index in [9.17, 15) is 0 Å². The summed E-state index contributed by atoms with van der Waals surface area (Å²) in [6.07, 6.45) is 2.63. The molecule has 0 aromatic carbocycles. The molecule has 3 nitrogen and oxygen atoms in total. The monoisotopic (exact) mass is 226 g/mol. The first-order valence-electron chi connectivity index (χ1n) is 6.57. The zero-order valence-corrected chi connectivity index (χ0v) is 11.0. The lowest BCUT2D eigenvalue weighted by Crippen LogP contribution is -2.42. The van der Waals surface area contributed by atoms with E-state index in [2.05, 4.69) is 24.1 Å². The van der Waals surface area contributed by atoms with Crippen LogP contribution >= 0.6 is 0 Å². The molecule has 1 unspecified atom stereocenters. The fraction of sp³-hybridized carbons (Fsp3) is 1.00. The number of likely N-dealkylation sites (tertiary alicyclic amines) is 1. The van der Waals surface area contributed by atoms with Crippen molar-refractivity contribution >= 4 is 0 Å². The molecule has 0 spiro atoms. The molecule has 0 amide bonds. The highest BCUT2D eigenvalue weighted by molar-refractivity contribution is 4.94. The number of nitrogens with zero attached hydrogens (tertiary/aromatic N) is 1. The van der Waals surface area contributed by atoms with Crippen molar-refractivity contribution in [3.05, 3.63) is 0 Å². The van der Waals surface area contributed by atoms with E-state index < -0.39 is 0 Å². The Balaban J connectivity index is 1.93. The first-order chi connectivity index (χ1) is 7.63. The van der Waals surface area contributed by atoms with E-state index in [0.717, 1.165) is 12.6 Å². The summed E-state index contributed by atoms with van der Waals surface area (Å²) >= 11 is 0. The van der Waals surface area contributed by atoms with Gasteiger partial charge in [-0.2, -0.15) is 0 Å². The summed E-state index contributed by atoms with van der Waals surface area (Å²) in [6.45, 7) is 10.5. The topological polar surface area (TPSA) is 24.5 Å². The van der Waals surface area contributed by atoms with Gasteiger partial charge in [0.05, 0.1) is 6.61 Å². The smallest absolute Gasteiger partial charge is 0.0508 e. The maximum atomic E-state index is 5.36. The highest BCUT2D eigenvalue weighted by Gasteiger charge is 2.41. The second kappa shape index (κ2) is 5.03. The Morgan fingerprint density at radius 2 is 2.00 bits per heavy atom. The van der Waals surface area contributed by atoms with Crippen molar-refractivity contribution < 1.29 is 4.74 Å². The third-order valence-electron chi connectivity index (χ3n) is 4.36. The van der Waals surface area contributed by atoms with Crippen LogP contribution in [0.25, 0.3) is 0 Å². The molecule has 3 heteroatoms.